The van der Waals surface area contributed by atoms with E-state index in [1.807, 2.05) is 12.2 Å². The van der Waals surface area contributed by atoms with Gasteiger partial charge in [-0.3, -0.25) is 19.3 Å². The Labute approximate surface area is 143 Å². The normalized spacial score (nSPS) is 22.2. The third kappa shape index (κ3) is 3.60. The average Bonchev–Trinajstić information content (AvgIpc) is 2.83. The van der Waals surface area contributed by atoms with Crippen molar-refractivity contribution < 1.29 is 23.2 Å². The molecule has 1 saturated heterocycles. The summed E-state index contributed by atoms with van der Waals surface area (Å²) >= 11 is 0. The van der Waals surface area contributed by atoms with E-state index in [0.717, 1.165) is 12.1 Å². The quantitative estimate of drug-likeness (QED) is 0.657. The summed E-state index contributed by atoms with van der Waals surface area (Å²) in [5, 5.41) is 2.36. The zero-order valence-corrected chi connectivity index (χ0v) is 13.5. The molecule has 0 unspecified atom stereocenters. The molecule has 1 heterocycles. The van der Waals surface area contributed by atoms with Crippen LogP contribution in [0.2, 0.25) is 0 Å². The number of nitrogens with zero attached hydrogens (tertiary/aromatic N) is 1. The first-order valence-corrected chi connectivity index (χ1v) is 8.22. The molecule has 1 aliphatic heterocycles. The molecule has 1 N–H and O–H groups in total. The first-order valence-electron chi connectivity index (χ1n) is 8.22. The zero-order chi connectivity index (χ0) is 18.0. The van der Waals surface area contributed by atoms with Crippen LogP contribution in [0.3, 0.4) is 0 Å². The number of rotatable bonds is 5. The van der Waals surface area contributed by atoms with E-state index in [9.17, 15) is 23.2 Å². The fourth-order valence-electron chi connectivity index (χ4n) is 3.29. The maximum Gasteiger partial charge on any atom is 0.233 e. The molecule has 1 aromatic rings. The standard InChI is InChI=1S/C18H18F2N2O3/c19-11-7-8-15(14(20)10-11)21-16(23)6-3-9-22-17(24)12-4-1-2-5-13(12)18(22)25/h1-2,7-8,10,12-13H,3-6,9H2,(H,21,23)/t12-,13+. The fraction of sp³-hybridized carbons (Fsp3) is 0.389. The van der Waals surface area contributed by atoms with Gasteiger partial charge in [-0.15, -0.1) is 0 Å². The number of hydrogen-bond acceptors (Lipinski definition) is 3. The van der Waals surface area contributed by atoms with Crippen LogP contribution < -0.4 is 5.32 Å². The van der Waals surface area contributed by atoms with Gasteiger partial charge in [0.2, 0.25) is 17.7 Å². The lowest BCUT2D eigenvalue weighted by Gasteiger charge is -2.14. The number of likely N-dealkylation sites (tertiary alicyclic amines) is 1. The van der Waals surface area contributed by atoms with Crippen LogP contribution in [-0.4, -0.2) is 29.2 Å². The maximum absolute atomic E-state index is 13.5. The van der Waals surface area contributed by atoms with E-state index in [2.05, 4.69) is 5.32 Å². The van der Waals surface area contributed by atoms with Crippen LogP contribution >= 0.6 is 0 Å². The summed E-state index contributed by atoms with van der Waals surface area (Å²) in [6.45, 7) is 0.171. The van der Waals surface area contributed by atoms with Gasteiger partial charge in [-0.2, -0.15) is 0 Å². The third-order valence-corrected chi connectivity index (χ3v) is 4.59. The fourth-order valence-corrected chi connectivity index (χ4v) is 3.29. The minimum absolute atomic E-state index is 0.0292. The topological polar surface area (TPSA) is 66.5 Å². The van der Waals surface area contributed by atoms with Gasteiger partial charge in [-0.25, -0.2) is 8.78 Å². The molecule has 25 heavy (non-hydrogen) atoms. The van der Waals surface area contributed by atoms with Gasteiger partial charge in [-0.05, 0) is 31.4 Å². The van der Waals surface area contributed by atoms with Crippen molar-refractivity contribution in [2.24, 2.45) is 11.8 Å². The molecule has 3 rings (SSSR count). The van der Waals surface area contributed by atoms with Crippen LogP contribution in [0.1, 0.15) is 25.7 Å². The Morgan fingerprint density at radius 2 is 1.76 bits per heavy atom. The van der Waals surface area contributed by atoms with Gasteiger partial charge in [0.15, 0.2) is 0 Å². The molecule has 1 aliphatic carbocycles. The number of benzene rings is 1. The molecule has 5 nitrogen and oxygen atoms in total. The molecule has 2 atom stereocenters. The summed E-state index contributed by atoms with van der Waals surface area (Å²) in [5.74, 6) is -2.94. The molecule has 0 radical (unpaired) electrons. The molecule has 0 spiro atoms. The zero-order valence-electron chi connectivity index (χ0n) is 13.5. The molecule has 2 aliphatic rings. The SMILES string of the molecule is O=C(CCCN1C(=O)[C@H]2CC=CC[C@H]2C1=O)Nc1ccc(F)cc1F. The predicted octanol–water partition coefficient (Wildman–Crippen LogP) is 2.63. The lowest BCUT2D eigenvalue weighted by molar-refractivity contribution is -0.140. The minimum atomic E-state index is -0.852. The van der Waals surface area contributed by atoms with Crippen molar-refractivity contribution in [1.82, 2.24) is 4.90 Å². The number of halogens is 2. The lowest BCUT2D eigenvalue weighted by Crippen LogP contribution is -2.32. The molecule has 0 aromatic heterocycles. The van der Waals surface area contributed by atoms with E-state index in [1.165, 1.54) is 4.90 Å². The average molecular weight is 348 g/mol. The van der Waals surface area contributed by atoms with Gasteiger partial charge in [0, 0.05) is 19.0 Å². The Morgan fingerprint density at radius 3 is 2.36 bits per heavy atom. The Balaban J connectivity index is 1.50. The highest BCUT2D eigenvalue weighted by Gasteiger charge is 2.46. The van der Waals surface area contributed by atoms with Crippen molar-refractivity contribution >= 4 is 23.4 Å². The monoisotopic (exact) mass is 348 g/mol. The smallest absolute Gasteiger partial charge is 0.233 e. The molecule has 3 amide bonds. The van der Waals surface area contributed by atoms with Gasteiger partial charge in [-0.1, -0.05) is 12.2 Å². The molecule has 0 saturated carbocycles. The van der Waals surface area contributed by atoms with Crippen LogP contribution in [0, 0.1) is 23.5 Å². The summed E-state index contributed by atoms with van der Waals surface area (Å²) < 4.78 is 26.3. The largest absolute Gasteiger partial charge is 0.324 e. The van der Waals surface area contributed by atoms with Crippen molar-refractivity contribution in [3.8, 4) is 0 Å². The molecule has 7 heteroatoms. The number of carbonyl (C=O) groups is 3. The number of fused-ring (bicyclic) bond motifs is 1. The van der Waals surface area contributed by atoms with Crippen LogP contribution in [0.4, 0.5) is 14.5 Å². The van der Waals surface area contributed by atoms with Crippen molar-refractivity contribution in [3.05, 3.63) is 42.0 Å². The van der Waals surface area contributed by atoms with E-state index in [1.54, 1.807) is 0 Å². The number of allylic oxidation sites excluding steroid dienone is 2. The highest BCUT2D eigenvalue weighted by Crippen LogP contribution is 2.35. The number of carbonyl (C=O) groups excluding carboxylic acids is 3. The Morgan fingerprint density at radius 1 is 1.12 bits per heavy atom. The van der Waals surface area contributed by atoms with E-state index in [0.29, 0.717) is 25.3 Å². The molecular formula is C18H18F2N2O3. The number of anilines is 1. The van der Waals surface area contributed by atoms with Gasteiger partial charge in [0.05, 0.1) is 17.5 Å². The minimum Gasteiger partial charge on any atom is -0.324 e. The highest BCUT2D eigenvalue weighted by molar-refractivity contribution is 6.05. The maximum atomic E-state index is 13.5. The predicted molar refractivity (Wildman–Crippen MR) is 86.3 cm³/mol. The summed E-state index contributed by atoms with van der Waals surface area (Å²) in [7, 11) is 0. The van der Waals surface area contributed by atoms with Crippen molar-refractivity contribution in [2.75, 3.05) is 11.9 Å². The first kappa shape index (κ1) is 17.3. The van der Waals surface area contributed by atoms with E-state index >= 15 is 0 Å². The Hall–Kier alpha value is -2.57. The summed E-state index contributed by atoms with van der Waals surface area (Å²) in [5.41, 5.74) is -0.100. The van der Waals surface area contributed by atoms with E-state index in [-0.39, 0.29) is 42.3 Å². The summed E-state index contributed by atoms with van der Waals surface area (Å²) in [4.78, 5) is 37.7. The molecule has 1 aromatic carbocycles. The van der Waals surface area contributed by atoms with Crippen molar-refractivity contribution in [3.63, 3.8) is 0 Å². The number of hydrogen-bond donors (Lipinski definition) is 1. The highest BCUT2D eigenvalue weighted by atomic mass is 19.1. The Bertz CT molecular complexity index is 722. The van der Waals surface area contributed by atoms with E-state index in [4.69, 9.17) is 0 Å². The van der Waals surface area contributed by atoms with Crippen molar-refractivity contribution in [2.45, 2.75) is 25.7 Å². The van der Waals surface area contributed by atoms with E-state index < -0.39 is 17.5 Å². The van der Waals surface area contributed by atoms with Gasteiger partial charge >= 0.3 is 0 Å². The Kier molecular flexibility index (Phi) is 4.92. The lowest BCUT2D eigenvalue weighted by atomic mass is 9.85. The van der Waals surface area contributed by atoms with Gasteiger partial charge < -0.3 is 5.32 Å². The van der Waals surface area contributed by atoms with Crippen LogP contribution in [0.25, 0.3) is 0 Å². The van der Waals surface area contributed by atoms with Crippen LogP contribution in [0.5, 0.6) is 0 Å². The van der Waals surface area contributed by atoms with Gasteiger partial charge in [0.25, 0.3) is 0 Å². The third-order valence-electron chi connectivity index (χ3n) is 4.59. The van der Waals surface area contributed by atoms with Crippen LogP contribution in [0.15, 0.2) is 30.4 Å². The molecule has 1 fully saturated rings. The summed E-state index contributed by atoms with van der Waals surface area (Å²) in [6.07, 6.45) is 5.31. The molecular weight excluding hydrogens is 330 g/mol. The number of amides is 3. The second-order valence-electron chi connectivity index (χ2n) is 6.26. The first-order chi connectivity index (χ1) is 12.0. The van der Waals surface area contributed by atoms with Gasteiger partial charge in [0.1, 0.15) is 11.6 Å². The molecule has 0 bridgehead atoms. The van der Waals surface area contributed by atoms with Crippen molar-refractivity contribution in [1.29, 1.82) is 0 Å². The summed E-state index contributed by atoms with van der Waals surface area (Å²) in [6, 6.07) is 2.89. The second-order valence-corrected chi connectivity index (χ2v) is 6.26. The number of imide groups is 1. The van der Waals surface area contributed by atoms with Crippen LogP contribution in [-0.2, 0) is 14.4 Å². The number of nitrogens with one attached hydrogen (secondary N) is 1. The molecule has 132 valence electrons. The second kappa shape index (κ2) is 7.13.